The van der Waals surface area contributed by atoms with Gasteiger partial charge in [0.2, 0.25) is 10.9 Å². The minimum absolute atomic E-state index is 0.00198. The van der Waals surface area contributed by atoms with Gasteiger partial charge in [-0.1, -0.05) is 0 Å². The molecule has 1 aliphatic heterocycles. The molecule has 1 aliphatic rings. The molecule has 37 heavy (non-hydrogen) atoms. The van der Waals surface area contributed by atoms with Crippen molar-refractivity contribution in [2.75, 3.05) is 6.54 Å². The molecule has 0 unspecified atom stereocenters. The van der Waals surface area contributed by atoms with Crippen LogP contribution in [0.5, 0.6) is 0 Å². The Balaban J connectivity index is 1.25. The molecule has 0 N–H and O–H groups in total. The van der Waals surface area contributed by atoms with Crippen LogP contribution in [0.3, 0.4) is 0 Å². The lowest BCUT2D eigenvalue weighted by molar-refractivity contribution is -0.145. The number of aryl methyl sites for hydroxylation is 1. The summed E-state index contributed by atoms with van der Waals surface area (Å²) in [6, 6.07) is 7.22. The van der Waals surface area contributed by atoms with Crippen molar-refractivity contribution >= 4 is 26.8 Å². The predicted molar refractivity (Wildman–Crippen MR) is 122 cm³/mol. The van der Waals surface area contributed by atoms with Crippen LogP contribution >= 0.6 is 0 Å². The van der Waals surface area contributed by atoms with Crippen LogP contribution in [-0.2, 0) is 27.4 Å². The van der Waals surface area contributed by atoms with E-state index in [0.29, 0.717) is 28.6 Å². The van der Waals surface area contributed by atoms with Crippen LogP contribution in [0, 0.1) is 5.82 Å². The standard InChI is InChI=1S/C24H18F4N4O4S/c25-17-1-4-21-15(9-17)11-22(36-21)37(34,35)32-8-6-19(32)20(33)3-2-18-10-14(5-7-29-18)16-12-30-23(31-13-16)24(26,27)28/h1,4-5,7,9-13,19H,2-3,6,8H2/t19-/m0/s1. The maximum atomic E-state index is 13.5. The molecule has 0 bridgehead atoms. The lowest BCUT2D eigenvalue weighted by Crippen LogP contribution is -2.54. The van der Waals surface area contributed by atoms with Crippen LogP contribution in [0.15, 0.2) is 64.5 Å². The summed E-state index contributed by atoms with van der Waals surface area (Å²) in [5.74, 6) is -2.08. The van der Waals surface area contributed by atoms with Crippen molar-refractivity contribution in [3.63, 3.8) is 0 Å². The van der Waals surface area contributed by atoms with Gasteiger partial charge < -0.3 is 4.42 Å². The van der Waals surface area contributed by atoms with Gasteiger partial charge in [-0.25, -0.2) is 22.8 Å². The number of sulfonamides is 1. The molecule has 4 aromatic rings. The molecule has 3 aromatic heterocycles. The van der Waals surface area contributed by atoms with Crippen LogP contribution in [0.25, 0.3) is 22.1 Å². The fourth-order valence-corrected chi connectivity index (χ4v) is 5.65. The van der Waals surface area contributed by atoms with E-state index in [9.17, 15) is 30.8 Å². The van der Waals surface area contributed by atoms with Crippen molar-refractivity contribution in [2.45, 2.75) is 36.6 Å². The summed E-state index contributed by atoms with van der Waals surface area (Å²) in [6.45, 7) is 0.145. The average molecular weight is 534 g/mol. The normalized spacial score (nSPS) is 16.6. The zero-order chi connectivity index (χ0) is 26.4. The van der Waals surface area contributed by atoms with Crippen molar-refractivity contribution in [1.82, 2.24) is 19.3 Å². The second-order valence-corrected chi connectivity index (χ2v) is 10.3. The summed E-state index contributed by atoms with van der Waals surface area (Å²) in [4.78, 5) is 23.7. The Hall–Kier alpha value is -3.71. The van der Waals surface area contributed by atoms with E-state index in [-0.39, 0.29) is 35.8 Å². The van der Waals surface area contributed by atoms with Gasteiger partial charge in [0.25, 0.3) is 10.0 Å². The first-order valence-corrected chi connectivity index (χ1v) is 12.5. The molecule has 1 aromatic carbocycles. The fourth-order valence-electron chi connectivity index (χ4n) is 4.04. The van der Waals surface area contributed by atoms with E-state index < -0.39 is 33.9 Å². The van der Waals surface area contributed by atoms with Crippen LogP contribution in [-0.4, -0.2) is 46.0 Å². The molecule has 5 rings (SSSR count). The molecule has 1 atom stereocenters. The number of halogens is 4. The number of carbonyl (C=O) groups excluding carboxylic acids is 1. The Morgan fingerprint density at radius 1 is 1.05 bits per heavy atom. The third-order valence-corrected chi connectivity index (χ3v) is 7.81. The van der Waals surface area contributed by atoms with Gasteiger partial charge in [-0.3, -0.25) is 9.78 Å². The zero-order valence-corrected chi connectivity index (χ0v) is 19.8. The van der Waals surface area contributed by atoms with Gasteiger partial charge in [0.15, 0.2) is 5.78 Å². The summed E-state index contributed by atoms with van der Waals surface area (Å²) >= 11 is 0. The summed E-state index contributed by atoms with van der Waals surface area (Å²) in [7, 11) is -4.10. The largest absolute Gasteiger partial charge is 0.451 e. The second kappa shape index (κ2) is 9.30. The third kappa shape index (κ3) is 4.96. The molecule has 192 valence electrons. The number of ketones is 1. The van der Waals surface area contributed by atoms with Gasteiger partial charge in [-0.2, -0.15) is 17.5 Å². The molecule has 0 amide bonds. The molecular formula is C24H18F4N4O4S. The smallest absolute Gasteiger partial charge is 0.443 e. The Labute approximate surface area is 208 Å². The monoisotopic (exact) mass is 534 g/mol. The maximum Gasteiger partial charge on any atom is 0.451 e. The number of furan rings is 1. The highest BCUT2D eigenvalue weighted by atomic mass is 32.2. The second-order valence-electron chi connectivity index (χ2n) is 8.46. The predicted octanol–water partition coefficient (Wildman–Crippen LogP) is 4.41. The highest BCUT2D eigenvalue weighted by molar-refractivity contribution is 7.89. The van der Waals surface area contributed by atoms with Gasteiger partial charge in [0, 0.05) is 54.3 Å². The first kappa shape index (κ1) is 25.0. The van der Waals surface area contributed by atoms with Crippen molar-refractivity contribution < 1.29 is 35.2 Å². The number of rotatable bonds is 7. The third-order valence-electron chi connectivity index (χ3n) is 6.04. The lowest BCUT2D eigenvalue weighted by Gasteiger charge is -2.37. The molecule has 1 fully saturated rings. The lowest BCUT2D eigenvalue weighted by atomic mass is 9.98. The minimum atomic E-state index is -4.65. The van der Waals surface area contributed by atoms with Crippen molar-refractivity contribution in [3.8, 4) is 11.1 Å². The van der Waals surface area contributed by atoms with Crippen molar-refractivity contribution in [2.24, 2.45) is 0 Å². The summed E-state index contributed by atoms with van der Waals surface area (Å²) in [5.41, 5.74) is 1.59. The molecule has 1 saturated heterocycles. The molecule has 8 nitrogen and oxygen atoms in total. The molecular weight excluding hydrogens is 516 g/mol. The molecule has 0 spiro atoms. The number of Topliss-reactive ketones (excluding diaryl/α,β-unsaturated/α-hetero) is 1. The summed E-state index contributed by atoms with van der Waals surface area (Å²) in [6.07, 6.45) is -0.522. The van der Waals surface area contributed by atoms with Gasteiger partial charge in [-0.05, 0) is 48.7 Å². The molecule has 0 aliphatic carbocycles. The Kier molecular flexibility index (Phi) is 6.28. The number of aromatic nitrogens is 3. The van der Waals surface area contributed by atoms with Gasteiger partial charge in [-0.15, -0.1) is 0 Å². The number of fused-ring (bicyclic) bond motifs is 1. The SMILES string of the molecule is O=C(CCc1cc(-c2cnc(C(F)(F)F)nc2)ccn1)[C@@H]1CCN1S(=O)(=O)c1cc2cc(F)ccc2o1. The number of hydrogen-bond donors (Lipinski definition) is 0. The Bertz CT molecular complexity index is 1590. The van der Waals surface area contributed by atoms with E-state index >= 15 is 0 Å². The highest BCUT2D eigenvalue weighted by Gasteiger charge is 2.43. The number of pyridine rings is 1. The molecule has 0 saturated carbocycles. The molecule has 0 radical (unpaired) electrons. The highest BCUT2D eigenvalue weighted by Crippen LogP contribution is 2.32. The van der Waals surface area contributed by atoms with Crippen LogP contribution in [0.1, 0.15) is 24.4 Å². The number of benzene rings is 1. The minimum Gasteiger partial charge on any atom is -0.443 e. The summed E-state index contributed by atoms with van der Waals surface area (Å²) < 4.78 is 84.1. The van der Waals surface area contributed by atoms with Crippen LogP contribution in [0.2, 0.25) is 0 Å². The topological polar surface area (TPSA) is 106 Å². The summed E-state index contributed by atoms with van der Waals surface area (Å²) in [5, 5.41) is -0.0647. The Morgan fingerprint density at radius 2 is 1.81 bits per heavy atom. The number of carbonyl (C=O) groups is 1. The zero-order valence-electron chi connectivity index (χ0n) is 18.9. The molecule has 13 heteroatoms. The van der Waals surface area contributed by atoms with Crippen molar-refractivity contribution in [3.05, 3.63) is 72.3 Å². The first-order valence-electron chi connectivity index (χ1n) is 11.1. The van der Waals surface area contributed by atoms with Gasteiger partial charge >= 0.3 is 6.18 Å². The number of nitrogens with zero attached hydrogens (tertiary/aromatic N) is 4. The first-order chi connectivity index (χ1) is 17.5. The number of hydrogen-bond acceptors (Lipinski definition) is 7. The average Bonchev–Trinajstić information content (AvgIpc) is 3.26. The van der Waals surface area contributed by atoms with E-state index in [2.05, 4.69) is 15.0 Å². The van der Waals surface area contributed by atoms with E-state index in [1.165, 1.54) is 18.3 Å². The number of alkyl halides is 3. The fraction of sp³-hybridized carbons (Fsp3) is 0.250. The van der Waals surface area contributed by atoms with Gasteiger partial charge in [0.05, 0.1) is 6.04 Å². The van der Waals surface area contributed by atoms with Crippen LogP contribution < -0.4 is 0 Å². The Morgan fingerprint density at radius 3 is 2.49 bits per heavy atom. The van der Waals surface area contributed by atoms with Gasteiger partial charge in [0.1, 0.15) is 11.4 Å². The van der Waals surface area contributed by atoms with Crippen LogP contribution in [0.4, 0.5) is 17.6 Å². The van der Waals surface area contributed by atoms with E-state index in [1.54, 1.807) is 12.1 Å². The van der Waals surface area contributed by atoms with E-state index in [0.717, 1.165) is 28.8 Å². The van der Waals surface area contributed by atoms with Crippen molar-refractivity contribution in [1.29, 1.82) is 0 Å². The van der Waals surface area contributed by atoms with E-state index in [4.69, 9.17) is 4.42 Å². The maximum absolute atomic E-state index is 13.5. The quantitative estimate of drug-likeness (QED) is 0.324. The van der Waals surface area contributed by atoms with E-state index in [1.807, 2.05) is 0 Å². The molecule has 4 heterocycles.